The van der Waals surface area contributed by atoms with E-state index in [1.54, 1.807) is 0 Å². The predicted octanol–water partition coefficient (Wildman–Crippen LogP) is 1.24. The van der Waals surface area contributed by atoms with Gasteiger partial charge in [0.05, 0.1) is 6.04 Å². The fourth-order valence-electron chi connectivity index (χ4n) is 3.47. The van der Waals surface area contributed by atoms with Gasteiger partial charge in [0.15, 0.2) is 0 Å². The number of carbonyl (C=O) groups excluding carboxylic acids is 1. The monoisotopic (exact) mass is 304 g/mol. The van der Waals surface area contributed by atoms with E-state index in [4.69, 9.17) is 10.5 Å². The molecule has 2 aliphatic rings. The maximum Gasteiger partial charge on any atom is 0.220 e. The second-order valence-electron chi connectivity index (χ2n) is 6.26. The van der Waals surface area contributed by atoms with Gasteiger partial charge in [-0.3, -0.25) is 9.69 Å². The number of aliphatic hydroxyl groups excluding tert-OH is 1. The molecule has 0 aromatic heterocycles. The lowest BCUT2D eigenvalue weighted by atomic mass is 9.91. The van der Waals surface area contributed by atoms with Crippen molar-refractivity contribution in [1.29, 1.82) is 0 Å². The van der Waals surface area contributed by atoms with E-state index in [9.17, 15) is 9.90 Å². The third-order valence-corrected chi connectivity index (χ3v) is 4.98. The lowest BCUT2D eigenvalue weighted by Crippen LogP contribution is -2.50. The Bertz CT molecular complexity index is 553. The van der Waals surface area contributed by atoms with E-state index in [0.29, 0.717) is 6.61 Å². The number of hydrogen-bond donors (Lipinski definition) is 2. The summed E-state index contributed by atoms with van der Waals surface area (Å²) in [5.41, 5.74) is 7.47. The van der Waals surface area contributed by atoms with Gasteiger partial charge in [-0.15, -0.1) is 0 Å². The van der Waals surface area contributed by atoms with Gasteiger partial charge in [-0.1, -0.05) is 13.0 Å². The zero-order valence-corrected chi connectivity index (χ0v) is 13.0. The van der Waals surface area contributed by atoms with Crippen LogP contribution in [-0.2, 0) is 11.2 Å². The normalized spacial score (nSPS) is 26.3. The van der Waals surface area contributed by atoms with Crippen molar-refractivity contribution in [1.82, 2.24) is 4.90 Å². The molecule has 5 heteroatoms. The zero-order chi connectivity index (χ0) is 15.7. The Hall–Kier alpha value is -1.59. The van der Waals surface area contributed by atoms with Crippen molar-refractivity contribution in [2.75, 3.05) is 19.7 Å². The molecule has 1 saturated heterocycles. The first-order valence-electron chi connectivity index (χ1n) is 8.07. The Morgan fingerprint density at radius 2 is 2.14 bits per heavy atom. The Balaban J connectivity index is 1.73. The molecular weight excluding hydrogens is 280 g/mol. The van der Waals surface area contributed by atoms with Gasteiger partial charge in [0.1, 0.15) is 18.5 Å². The van der Waals surface area contributed by atoms with Crippen LogP contribution in [0.3, 0.4) is 0 Å². The maximum atomic E-state index is 11.3. The van der Waals surface area contributed by atoms with Crippen molar-refractivity contribution >= 4 is 5.91 Å². The van der Waals surface area contributed by atoms with Crippen LogP contribution in [0.2, 0.25) is 0 Å². The Morgan fingerprint density at radius 1 is 1.41 bits per heavy atom. The smallest absolute Gasteiger partial charge is 0.220 e. The van der Waals surface area contributed by atoms with Crippen LogP contribution in [0.15, 0.2) is 18.2 Å². The zero-order valence-electron chi connectivity index (χ0n) is 13.0. The number of ether oxygens (including phenoxy) is 1. The minimum atomic E-state index is -0.541. The van der Waals surface area contributed by atoms with Crippen LogP contribution in [0, 0.1) is 5.92 Å². The highest BCUT2D eigenvalue weighted by molar-refractivity contribution is 5.76. The molecule has 2 atom stereocenters. The Morgan fingerprint density at radius 3 is 2.77 bits per heavy atom. The Labute approximate surface area is 131 Å². The molecule has 22 heavy (non-hydrogen) atoms. The van der Waals surface area contributed by atoms with Crippen molar-refractivity contribution in [2.45, 2.75) is 38.3 Å². The third-order valence-electron chi connectivity index (χ3n) is 4.98. The Kier molecular flexibility index (Phi) is 4.36. The molecule has 1 aromatic carbocycles. The first-order chi connectivity index (χ1) is 10.6. The fourth-order valence-corrected chi connectivity index (χ4v) is 3.47. The topological polar surface area (TPSA) is 75.8 Å². The number of aryl methyl sites for hydroxylation is 1. The second-order valence-corrected chi connectivity index (χ2v) is 6.26. The number of rotatable bonds is 3. The van der Waals surface area contributed by atoms with Gasteiger partial charge < -0.3 is 15.6 Å². The molecule has 2 aliphatic heterocycles. The lowest BCUT2D eigenvalue weighted by Gasteiger charge is -2.41. The van der Waals surface area contributed by atoms with Crippen LogP contribution in [0.1, 0.15) is 37.0 Å². The van der Waals surface area contributed by atoms with E-state index in [-0.39, 0.29) is 17.9 Å². The largest absolute Gasteiger partial charge is 0.491 e. The standard InChI is InChI=1S/C17H24N2O3/c1-2-11-3-4-15-13(9-11)16(20)14(10-22-15)19-7-5-12(6-8-19)17(18)21/h3-4,9,12,14,16,20H,2,5-8,10H2,1H3,(H2,18,21). The SMILES string of the molecule is CCc1ccc2c(c1)C(O)C(N1CCC(C(N)=O)CC1)CO2. The second kappa shape index (κ2) is 6.26. The first-order valence-corrected chi connectivity index (χ1v) is 8.07. The minimum absolute atomic E-state index is 0.0307. The molecule has 120 valence electrons. The summed E-state index contributed by atoms with van der Waals surface area (Å²) in [4.78, 5) is 13.5. The van der Waals surface area contributed by atoms with Crippen molar-refractivity contribution in [2.24, 2.45) is 11.7 Å². The lowest BCUT2D eigenvalue weighted by molar-refractivity contribution is -0.123. The fraction of sp³-hybridized carbons (Fsp3) is 0.588. The van der Waals surface area contributed by atoms with E-state index in [1.165, 1.54) is 5.56 Å². The van der Waals surface area contributed by atoms with Gasteiger partial charge in [0.25, 0.3) is 0 Å². The van der Waals surface area contributed by atoms with E-state index in [0.717, 1.165) is 43.7 Å². The number of amides is 1. The molecule has 1 fully saturated rings. The number of carbonyl (C=O) groups is 1. The van der Waals surface area contributed by atoms with Crippen LogP contribution >= 0.6 is 0 Å². The summed E-state index contributed by atoms with van der Waals surface area (Å²) in [7, 11) is 0. The quantitative estimate of drug-likeness (QED) is 0.881. The molecular formula is C17H24N2O3. The minimum Gasteiger partial charge on any atom is -0.491 e. The first kappa shape index (κ1) is 15.3. The van der Waals surface area contributed by atoms with E-state index < -0.39 is 6.10 Å². The summed E-state index contributed by atoms with van der Waals surface area (Å²) < 4.78 is 5.84. The molecule has 2 unspecified atom stereocenters. The van der Waals surface area contributed by atoms with Crippen LogP contribution < -0.4 is 10.5 Å². The number of primary amides is 1. The van der Waals surface area contributed by atoms with E-state index in [2.05, 4.69) is 11.8 Å². The highest BCUT2D eigenvalue weighted by Crippen LogP contribution is 2.36. The molecule has 0 spiro atoms. The average Bonchev–Trinajstić information content (AvgIpc) is 2.55. The summed E-state index contributed by atoms with van der Waals surface area (Å²) in [6.07, 6.45) is 1.93. The number of hydrogen-bond acceptors (Lipinski definition) is 4. The predicted molar refractivity (Wildman–Crippen MR) is 83.6 cm³/mol. The molecule has 3 N–H and O–H groups in total. The van der Waals surface area contributed by atoms with Crippen molar-refractivity contribution < 1.29 is 14.6 Å². The van der Waals surface area contributed by atoms with Crippen molar-refractivity contribution in [3.63, 3.8) is 0 Å². The summed E-state index contributed by atoms with van der Waals surface area (Å²) >= 11 is 0. The van der Waals surface area contributed by atoms with Gasteiger partial charge in [0, 0.05) is 11.5 Å². The van der Waals surface area contributed by atoms with Gasteiger partial charge in [-0.2, -0.15) is 0 Å². The van der Waals surface area contributed by atoms with Gasteiger partial charge >= 0.3 is 0 Å². The number of likely N-dealkylation sites (tertiary alicyclic amines) is 1. The number of aliphatic hydroxyl groups is 1. The molecule has 0 saturated carbocycles. The highest BCUT2D eigenvalue weighted by Gasteiger charge is 2.36. The van der Waals surface area contributed by atoms with Crippen LogP contribution in [0.5, 0.6) is 5.75 Å². The van der Waals surface area contributed by atoms with E-state index >= 15 is 0 Å². The number of nitrogens with two attached hydrogens (primary N) is 1. The molecule has 5 nitrogen and oxygen atoms in total. The summed E-state index contributed by atoms with van der Waals surface area (Å²) in [6, 6.07) is 5.99. The van der Waals surface area contributed by atoms with Crippen molar-refractivity contribution in [3.8, 4) is 5.75 Å². The maximum absolute atomic E-state index is 11.3. The summed E-state index contributed by atoms with van der Waals surface area (Å²) in [5, 5.41) is 10.8. The number of fused-ring (bicyclic) bond motifs is 1. The highest BCUT2D eigenvalue weighted by atomic mass is 16.5. The van der Waals surface area contributed by atoms with Crippen LogP contribution in [-0.4, -0.2) is 41.7 Å². The number of piperidine rings is 1. The number of benzene rings is 1. The third kappa shape index (κ3) is 2.83. The van der Waals surface area contributed by atoms with Crippen molar-refractivity contribution in [3.05, 3.63) is 29.3 Å². The summed E-state index contributed by atoms with van der Waals surface area (Å²) in [6.45, 7) is 4.15. The van der Waals surface area contributed by atoms with Crippen LogP contribution in [0.25, 0.3) is 0 Å². The van der Waals surface area contributed by atoms with Gasteiger partial charge in [-0.25, -0.2) is 0 Å². The van der Waals surface area contributed by atoms with E-state index in [1.807, 2.05) is 18.2 Å². The van der Waals surface area contributed by atoms with Crippen LogP contribution in [0.4, 0.5) is 0 Å². The molecule has 3 rings (SSSR count). The molecule has 0 aliphatic carbocycles. The molecule has 0 radical (unpaired) electrons. The summed E-state index contributed by atoms with van der Waals surface area (Å²) in [5.74, 6) is 0.544. The average molecular weight is 304 g/mol. The molecule has 1 amide bonds. The van der Waals surface area contributed by atoms with Gasteiger partial charge in [-0.05, 0) is 50.0 Å². The number of nitrogens with zero attached hydrogens (tertiary/aromatic N) is 1. The molecule has 0 bridgehead atoms. The van der Waals surface area contributed by atoms with Gasteiger partial charge in [0.2, 0.25) is 5.91 Å². The molecule has 1 aromatic rings. The molecule has 2 heterocycles.